The van der Waals surface area contributed by atoms with Gasteiger partial charge in [0.1, 0.15) is 0 Å². The third-order valence-electron chi connectivity index (χ3n) is 3.63. The number of rotatable bonds is 13. The van der Waals surface area contributed by atoms with Gasteiger partial charge in [-0.25, -0.2) is 0 Å². The molecular formula is C20H30O3. The smallest absolute Gasteiger partial charge is 0.303 e. The summed E-state index contributed by atoms with van der Waals surface area (Å²) in [5.41, 5.74) is 0. The summed E-state index contributed by atoms with van der Waals surface area (Å²) in [6.45, 7) is 2.14. The molecule has 23 heavy (non-hydrogen) atoms. The minimum absolute atomic E-state index is 0.251. The van der Waals surface area contributed by atoms with Crippen molar-refractivity contribution in [1.82, 2.24) is 0 Å². The van der Waals surface area contributed by atoms with E-state index in [4.69, 9.17) is 9.84 Å². The number of epoxide rings is 1. The predicted molar refractivity (Wildman–Crippen MR) is 95.5 cm³/mol. The van der Waals surface area contributed by atoms with Crippen molar-refractivity contribution < 1.29 is 14.6 Å². The van der Waals surface area contributed by atoms with Gasteiger partial charge in [0.15, 0.2) is 0 Å². The van der Waals surface area contributed by atoms with Gasteiger partial charge in [-0.05, 0) is 44.9 Å². The van der Waals surface area contributed by atoms with Crippen LogP contribution in [0.4, 0.5) is 0 Å². The van der Waals surface area contributed by atoms with Crippen LogP contribution in [0, 0.1) is 0 Å². The molecule has 0 aromatic heterocycles. The minimum atomic E-state index is -0.719. The molecule has 0 bridgehead atoms. The van der Waals surface area contributed by atoms with Crippen LogP contribution in [0.2, 0.25) is 0 Å². The molecule has 1 heterocycles. The average Bonchev–Trinajstić information content (AvgIpc) is 3.27. The number of hydrogen-bond acceptors (Lipinski definition) is 2. The van der Waals surface area contributed by atoms with E-state index in [1.165, 1.54) is 0 Å². The second-order valence-corrected chi connectivity index (χ2v) is 5.74. The molecule has 1 rings (SSSR count). The van der Waals surface area contributed by atoms with Crippen molar-refractivity contribution >= 4 is 5.97 Å². The molecule has 128 valence electrons. The lowest BCUT2D eigenvalue weighted by Crippen LogP contribution is -1.93. The summed E-state index contributed by atoms with van der Waals surface area (Å²) in [6.07, 6.45) is 24.9. The third-order valence-corrected chi connectivity index (χ3v) is 3.63. The summed E-state index contributed by atoms with van der Waals surface area (Å²) in [6, 6.07) is 0. The topological polar surface area (TPSA) is 49.8 Å². The lowest BCUT2D eigenvalue weighted by Gasteiger charge is -1.91. The van der Waals surface area contributed by atoms with Crippen LogP contribution in [0.1, 0.15) is 58.3 Å². The molecule has 0 spiro atoms. The number of unbranched alkanes of at least 4 members (excludes halogenated alkanes) is 1. The van der Waals surface area contributed by atoms with Crippen molar-refractivity contribution in [2.24, 2.45) is 0 Å². The van der Waals surface area contributed by atoms with Gasteiger partial charge in [-0.2, -0.15) is 0 Å². The maximum atomic E-state index is 10.4. The summed E-state index contributed by atoms with van der Waals surface area (Å²) < 4.78 is 5.61. The Hall–Kier alpha value is -1.61. The Morgan fingerprint density at radius 2 is 1.48 bits per heavy atom. The van der Waals surface area contributed by atoms with Gasteiger partial charge in [-0.3, -0.25) is 4.79 Å². The van der Waals surface area contributed by atoms with Crippen molar-refractivity contribution in [3.63, 3.8) is 0 Å². The lowest BCUT2D eigenvalue weighted by molar-refractivity contribution is -0.137. The van der Waals surface area contributed by atoms with E-state index in [-0.39, 0.29) is 6.42 Å². The number of carboxylic acids is 1. The molecule has 1 aliphatic rings. The highest BCUT2D eigenvalue weighted by Crippen LogP contribution is 2.29. The van der Waals surface area contributed by atoms with Crippen molar-refractivity contribution in [3.8, 4) is 0 Å². The summed E-state index contributed by atoms with van der Waals surface area (Å²) in [5.74, 6) is -0.719. The molecule has 0 saturated carbocycles. The van der Waals surface area contributed by atoms with Gasteiger partial charge in [0.25, 0.3) is 0 Å². The van der Waals surface area contributed by atoms with Crippen LogP contribution in [-0.2, 0) is 9.53 Å². The van der Waals surface area contributed by atoms with E-state index in [0.29, 0.717) is 18.6 Å². The van der Waals surface area contributed by atoms with E-state index in [2.05, 4.69) is 55.5 Å². The molecule has 1 N–H and O–H groups in total. The van der Waals surface area contributed by atoms with Gasteiger partial charge < -0.3 is 9.84 Å². The first-order valence-corrected chi connectivity index (χ1v) is 8.71. The Labute approximate surface area is 140 Å². The van der Waals surface area contributed by atoms with Crippen LogP contribution in [0.25, 0.3) is 0 Å². The van der Waals surface area contributed by atoms with E-state index in [1.807, 2.05) is 0 Å². The predicted octanol–water partition coefficient (Wildman–Crippen LogP) is 5.20. The van der Waals surface area contributed by atoms with Crippen molar-refractivity contribution in [2.75, 3.05) is 0 Å². The van der Waals surface area contributed by atoms with Crippen LogP contribution in [0.15, 0.2) is 48.6 Å². The highest BCUT2D eigenvalue weighted by atomic mass is 16.6. The maximum absolute atomic E-state index is 10.4. The van der Waals surface area contributed by atoms with Crippen LogP contribution in [0.5, 0.6) is 0 Å². The van der Waals surface area contributed by atoms with Gasteiger partial charge in [0.2, 0.25) is 0 Å². The number of carbonyl (C=O) groups is 1. The van der Waals surface area contributed by atoms with Crippen LogP contribution >= 0.6 is 0 Å². The summed E-state index contributed by atoms with van der Waals surface area (Å²) >= 11 is 0. The molecule has 1 fully saturated rings. The highest BCUT2D eigenvalue weighted by Gasteiger charge is 2.35. The fraction of sp³-hybridized carbons (Fsp3) is 0.550. The zero-order valence-corrected chi connectivity index (χ0v) is 14.2. The van der Waals surface area contributed by atoms with Crippen LogP contribution in [-0.4, -0.2) is 23.3 Å². The van der Waals surface area contributed by atoms with Crippen molar-refractivity contribution in [2.45, 2.75) is 70.5 Å². The number of allylic oxidation sites excluding steroid dienone is 6. The third kappa shape index (κ3) is 11.6. The zero-order valence-electron chi connectivity index (χ0n) is 14.2. The first kappa shape index (κ1) is 19.4. The Morgan fingerprint density at radius 1 is 0.913 bits per heavy atom. The molecule has 3 heteroatoms. The highest BCUT2D eigenvalue weighted by molar-refractivity contribution is 5.66. The Balaban J connectivity index is 1.96. The average molecular weight is 318 g/mol. The minimum Gasteiger partial charge on any atom is -0.481 e. The number of aliphatic carboxylic acids is 1. The molecule has 0 aromatic rings. The molecule has 0 radical (unpaired) electrons. The van der Waals surface area contributed by atoms with Gasteiger partial charge >= 0.3 is 5.97 Å². The lowest BCUT2D eigenvalue weighted by atomic mass is 10.1. The molecule has 0 aromatic carbocycles. The Kier molecular flexibility index (Phi) is 10.9. The fourth-order valence-corrected chi connectivity index (χ4v) is 2.25. The fourth-order valence-electron chi connectivity index (χ4n) is 2.25. The largest absolute Gasteiger partial charge is 0.481 e. The first-order valence-electron chi connectivity index (χ1n) is 8.71. The van der Waals surface area contributed by atoms with Crippen LogP contribution in [0.3, 0.4) is 0 Å². The zero-order chi connectivity index (χ0) is 16.8. The molecular weight excluding hydrogens is 288 g/mol. The molecule has 0 amide bonds. The van der Waals surface area contributed by atoms with E-state index in [1.54, 1.807) is 0 Å². The van der Waals surface area contributed by atoms with E-state index >= 15 is 0 Å². The normalized spacial score (nSPS) is 21.3. The second-order valence-electron chi connectivity index (χ2n) is 5.74. The van der Waals surface area contributed by atoms with Gasteiger partial charge in [0.05, 0.1) is 12.2 Å². The van der Waals surface area contributed by atoms with Crippen molar-refractivity contribution in [1.29, 1.82) is 0 Å². The maximum Gasteiger partial charge on any atom is 0.303 e. The van der Waals surface area contributed by atoms with Crippen molar-refractivity contribution in [3.05, 3.63) is 48.6 Å². The monoisotopic (exact) mass is 318 g/mol. The van der Waals surface area contributed by atoms with Gasteiger partial charge in [0, 0.05) is 6.42 Å². The quantitative estimate of drug-likeness (QED) is 0.288. The molecule has 0 aliphatic carbocycles. The SMILES string of the molecule is CCC=CCC=CCC=CC[C@H]1O[C@H]1CC=CCCCC(=O)O. The number of carboxylic acid groups (broad SMARTS) is 1. The standard InChI is InChI=1S/C20H30O3/c1-2-3-4-5-6-7-8-9-12-15-18-19(23-18)16-13-10-11-14-17-20(21)22/h3-4,6-7,9-10,12-13,18-19H,2,5,8,11,14-17H2,1H3,(H,21,22)/t18-,19+/m1/s1. The molecule has 1 saturated heterocycles. The van der Waals surface area contributed by atoms with E-state index < -0.39 is 5.97 Å². The molecule has 0 unspecified atom stereocenters. The number of hydrogen-bond donors (Lipinski definition) is 1. The summed E-state index contributed by atoms with van der Waals surface area (Å²) in [5, 5.41) is 8.53. The van der Waals surface area contributed by atoms with Gasteiger partial charge in [-0.15, -0.1) is 0 Å². The molecule has 3 nitrogen and oxygen atoms in total. The molecule has 2 atom stereocenters. The Bertz CT molecular complexity index is 432. The first-order chi connectivity index (χ1) is 11.2. The number of ether oxygens (including phenoxy) is 1. The van der Waals surface area contributed by atoms with Gasteiger partial charge in [-0.1, -0.05) is 55.5 Å². The summed E-state index contributed by atoms with van der Waals surface area (Å²) in [7, 11) is 0. The summed E-state index contributed by atoms with van der Waals surface area (Å²) in [4.78, 5) is 10.4. The van der Waals surface area contributed by atoms with Crippen LogP contribution < -0.4 is 0 Å². The van der Waals surface area contributed by atoms with E-state index in [0.717, 1.165) is 38.5 Å². The second kappa shape index (κ2) is 12.9. The molecule has 1 aliphatic heterocycles. The van der Waals surface area contributed by atoms with E-state index in [9.17, 15) is 4.79 Å². The Morgan fingerprint density at radius 3 is 2.09 bits per heavy atom.